The zero-order valence-corrected chi connectivity index (χ0v) is 6.45. The van der Waals surface area contributed by atoms with E-state index in [-0.39, 0.29) is 29.5 Å². The summed E-state index contributed by atoms with van der Waals surface area (Å²) in [7, 11) is 0. The van der Waals surface area contributed by atoms with Gasteiger partial charge in [0, 0.05) is 5.92 Å². The molecule has 2 bridgehead atoms. The lowest BCUT2D eigenvalue weighted by atomic mass is 10.0. The Morgan fingerprint density at radius 3 is 2.45 bits per heavy atom. The molecular formula is C6H14N4O. The Hall–Kier alpha value is -0.200. The van der Waals surface area contributed by atoms with Gasteiger partial charge in [-0.2, -0.15) is 0 Å². The molecule has 2 aliphatic heterocycles. The molecule has 2 saturated heterocycles. The monoisotopic (exact) mass is 158 g/mol. The number of hydrogen-bond donors (Lipinski definition) is 4. The van der Waals surface area contributed by atoms with E-state index in [1.165, 1.54) is 0 Å². The lowest BCUT2D eigenvalue weighted by Crippen LogP contribution is -3.18. The van der Waals surface area contributed by atoms with E-state index < -0.39 is 0 Å². The van der Waals surface area contributed by atoms with Gasteiger partial charge in [-0.05, 0) is 0 Å². The van der Waals surface area contributed by atoms with E-state index in [1.54, 1.807) is 0 Å². The highest BCUT2D eigenvalue weighted by atomic mass is 16.5. The van der Waals surface area contributed by atoms with Crippen LogP contribution < -0.4 is 21.8 Å². The number of quaternary nitrogens is 1. The number of rotatable bonds is 0. The average molecular weight is 158 g/mol. The summed E-state index contributed by atoms with van der Waals surface area (Å²) in [4.78, 5) is 0. The maximum absolute atomic E-state index is 11.3. The van der Waals surface area contributed by atoms with Gasteiger partial charge in [0.1, 0.15) is 12.2 Å². The number of nitrogens with two attached hydrogens (primary N) is 2. The molecule has 0 aromatic rings. The van der Waals surface area contributed by atoms with Gasteiger partial charge in [0.05, 0.1) is 6.04 Å². The molecule has 2 rings (SSSR count). The highest BCUT2D eigenvalue weighted by Crippen LogP contribution is 2.22. The molecule has 6 N–H and O–H groups in total. The Morgan fingerprint density at radius 1 is 1.45 bits per heavy atom. The third kappa shape index (κ3) is 0.771. The van der Waals surface area contributed by atoms with Crippen molar-refractivity contribution in [3.63, 3.8) is 0 Å². The average Bonchev–Trinajstić information content (AvgIpc) is 2.31. The second-order valence-electron chi connectivity index (χ2n) is 3.53. The van der Waals surface area contributed by atoms with Crippen molar-refractivity contribution in [3.8, 4) is 0 Å². The van der Waals surface area contributed by atoms with Crippen LogP contribution in [0.2, 0.25) is 0 Å². The van der Waals surface area contributed by atoms with Crippen molar-refractivity contribution in [2.75, 3.05) is 0 Å². The van der Waals surface area contributed by atoms with Gasteiger partial charge >= 0.3 is 0 Å². The van der Waals surface area contributed by atoms with Gasteiger partial charge in [-0.25, -0.2) is 0 Å². The van der Waals surface area contributed by atoms with Gasteiger partial charge < -0.3 is 16.0 Å². The number of piperazine rings is 1. The fraction of sp³-hybridized carbons (Fsp3) is 1.00. The van der Waals surface area contributed by atoms with Crippen molar-refractivity contribution < 1.29 is 5.06 Å². The van der Waals surface area contributed by atoms with Crippen molar-refractivity contribution >= 4 is 0 Å². The minimum absolute atomic E-state index is 0.0463. The van der Waals surface area contributed by atoms with Crippen LogP contribution in [-0.4, -0.2) is 24.4 Å². The van der Waals surface area contributed by atoms with Gasteiger partial charge in [-0.15, -0.1) is 0 Å². The van der Waals surface area contributed by atoms with Crippen LogP contribution in [0.3, 0.4) is 0 Å². The molecular weight excluding hydrogens is 144 g/mol. The molecule has 0 aliphatic carbocycles. The first-order chi connectivity index (χ1) is 5.13. The first-order valence-electron chi connectivity index (χ1n) is 3.94. The minimum Gasteiger partial charge on any atom is -0.633 e. The largest absolute Gasteiger partial charge is 0.633 e. The van der Waals surface area contributed by atoms with Crippen molar-refractivity contribution in [3.05, 3.63) is 5.21 Å². The summed E-state index contributed by atoms with van der Waals surface area (Å²) < 4.78 is 0. The van der Waals surface area contributed by atoms with E-state index in [0.29, 0.717) is 5.92 Å². The summed E-state index contributed by atoms with van der Waals surface area (Å²) in [6.07, 6.45) is -0.489. The second kappa shape index (κ2) is 2.15. The second-order valence-corrected chi connectivity index (χ2v) is 3.53. The van der Waals surface area contributed by atoms with Crippen molar-refractivity contribution in [2.45, 2.75) is 31.3 Å². The Balaban J connectivity index is 2.24. The SMILES string of the molecule is C[C@H]1C2NC(N)[C@H]1[NH+]([O-])C2N. The first kappa shape index (κ1) is 7.45. The van der Waals surface area contributed by atoms with Crippen LogP contribution in [0.15, 0.2) is 0 Å². The maximum Gasteiger partial charge on any atom is 0.155 e. The Labute approximate surface area is 65.3 Å². The van der Waals surface area contributed by atoms with E-state index >= 15 is 0 Å². The van der Waals surface area contributed by atoms with Crippen molar-refractivity contribution in [2.24, 2.45) is 17.4 Å². The maximum atomic E-state index is 11.3. The molecule has 4 unspecified atom stereocenters. The van der Waals surface area contributed by atoms with Gasteiger partial charge in [0.15, 0.2) is 6.17 Å². The molecule has 2 fully saturated rings. The first-order valence-corrected chi connectivity index (χ1v) is 3.94. The minimum atomic E-state index is -0.324. The van der Waals surface area contributed by atoms with E-state index in [4.69, 9.17) is 11.5 Å². The van der Waals surface area contributed by atoms with Gasteiger partial charge in [0.2, 0.25) is 0 Å². The van der Waals surface area contributed by atoms with E-state index in [2.05, 4.69) is 5.32 Å². The van der Waals surface area contributed by atoms with Crippen LogP contribution in [-0.2, 0) is 0 Å². The van der Waals surface area contributed by atoms with E-state index in [1.807, 2.05) is 6.92 Å². The fourth-order valence-electron chi connectivity index (χ4n) is 2.29. The van der Waals surface area contributed by atoms with E-state index in [9.17, 15) is 5.21 Å². The predicted octanol–water partition coefficient (Wildman–Crippen LogP) is -3.07. The molecule has 2 aliphatic rings. The van der Waals surface area contributed by atoms with Crippen LogP contribution in [0.5, 0.6) is 0 Å². The summed E-state index contributed by atoms with van der Waals surface area (Å²) in [5.41, 5.74) is 11.3. The lowest BCUT2D eigenvalue weighted by Gasteiger charge is -2.35. The number of hydroxylamine groups is 2. The predicted molar refractivity (Wildman–Crippen MR) is 40.2 cm³/mol. The van der Waals surface area contributed by atoms with Crippen molar-refractivity contribution in [1.29, 1.82) is 0 Å². The highest BCUT2D eigenvalue weighted by Gasteiger charge is 2.54. The number of fused-ring (bicyclic) bond motifs is 2. The van der Waals surface area contributed by atoms with Crippen LogP contribution in [0.25, 0.3) is 0 Å². The molecule has 0 aromatic carbocycles. The lowest BCUT2D eigenvalue weighted by molar-refractivity contribution is -0.894. The normalized spacial score (nSPS) is 62.2. The fourth-order valence-corrected chi connectivity index (χ4v) is 2.29. The molecule has 64 valence electrons. The summed E-state index contributed by atoms with van der Waals surface area (Å²) in [5.74, 6) is 0.312. The Bertz CT molecular complexity index is 172. The third-order valence-corrected chi connectivity index (χ3v) is 2.95. The quantitative estimate of drug-likeness (QED) is 0.281. The molecule has 5 nitrogen and oxygen atoms in total. The molecule has 11 heavy (non-hydrogen) atoms. The smallest absolute Gasteiger partial charge is 0.155 e. The standard InChI is InChI=1S/C6H14N4O/c1-2-3-6(8)10(11)4(2)5(7)9-3/h2-6,9-10H,7-8H2,1H3/t2-,3?,4-,5?,6?/m0/s1. The highest BCUT2D eigenvalue weighted by molar-refractivity contribution is 5.00. The zero-order valence-electron chi connectivity index (χ0n) is 6.45. The number of hydrogen-bond acceptors (Lipinski definition) is 4. The summed E-state index contributed by atoms with van der Waals surface area (Å²) in [5, 5.41) is 14.6. The van der Waals surface area contributed by atoms with Crippen molar-refractivity contribution in [1.82, 2.24) is 5.32 Å². The summed E-state index contributed by atoms with van der Waals surface area (Å²) in [6, 6.07) is 0.0671. The molecule has 0 radical (unpaired) electrons. The topological polar surface area (TPSA) is 91.6 Å². The molecule has 6 atom stereocenters. The molecule has 2 heterocycles. The zero-order chi connectivity index (χ0) is 8.17. The molecule has 0 amide bonds. The number of nitrogens with one attached hydrogen (secondary N) is 2. The molecule has 5 heteroatoms. The summed E-state index contributed by atoms with van der Waals surface area (Å²) >= 11 is 0. The Kier molecular flexibility index (Phi) is 1.45. The molecule has 0 aromatic heterocycles. The Morgan fingerprint density at radius 2 is 2.09 bits per heavy atom. The van der Waals surface area contributed by atoms with Gasteiger partial charge in [-0.3, -0.25) is 11.1 Å². The van der Waals surface area contributed by atoms with Crippen LogP contribution in [0.4, 0.5) is 0 Å². The third-order valence-electron chi connectivity index (χ3n) is 2.95. The molecule has 0 saturated carbocycles. The molecule has 0 spiro atoms. The van der Waals surface area contributed by atoms with Crippen LogP contribution >= 0.6 is 0 Å². The summed E-state index contributed by atoms with van der Waals surface area (Å²) in [6.45, 7) is 2.03. The van der Waals surface area contributed by atoms with E-state index in [0.717, 1.165) is 0 Å². The van der Waals surface area contributed by atoms with Crippen LogP contribution in [0, 0.1) is 11.1 Å². The van der Waals surface area contributed by atoms with Gasteiger partial charge in [0.25, 0.3) is 0 Å². The van der Waals surface area contributed by atoms with Gasteiger partial charge in [-0.1, -0.05) is 6.92 Å². The van der Waals surface area contributed by atoms with Crippen LogP contribution in [0.1, 0.15) is 6.92 Å².